The topological polar surface area (TPSA) is 65.1 Å². The van der Waals surface area contributed by atoms with Crippen LogP contribution in [0, 0.1) is 0 Å². The molecule has 0 saturated carbocycles. The van der Waals surface area contributed by atoms with Gasteiger partial charge < -0.3 is 14.2 Å². The fourth-order valence-corrected chi connectivity index (χ4v) is 4.35. The number of hydrogen-bond donors (Lipinski definition) is 2. The quantitative estimate of drug-likeness (QED) is 0.401. The van der Waals surface area contributed by atoms with Gasteiger partial charge in [-0.05, 0) is 61.3 Å². The molecule has 1 heterocycles. The molecule has 0 bridgehead atoms. The number of hydrogen-bond acceptors (Lipinski definition) is 8. The maximum absolute atomic E-state index is 12.8. The second-order valence-electron chi connectivity index (χ2n) is 8.35. The second kappa shape index (κ2) is 8.29. The highest BCUT2D eigenvalue weighted by Gasteiger charge is 2.50. The molecule has 1 rings (SSSR count). The molecule has 1 fully saturated rings. The normalized spacial score (nSPS) is 25.0. The van der Waals surface area contributed by atoms with E-state index in [1.807, 2.05) is 0 Å². The van der Waals surface area contributed by atoms with Crippen LogP contribution in [0.5, 0.6) is 0 Å². The molecule has 3 atom stereocenters. The van der Waals surface area contributed by atoms with E-state index in [1.54, 1.807) is 21.0 Å². The van der Waals surface area contributed by atoms with Gasteiger partial charge in [-0.25, -0.2) is 4.79 Å². The number of esters is 2. The SMILES string of the molecule is COC1CC(C)(C)N(C(C)C(=O)OC(C)(S)C(=O)OC(C)S)C(C)(C)C1. The lowest BCUT2D eigenvalue weighted by Gasteiger charge is -2.56. The Morgan fingerprint density at radius 1 is 1.15 bits per heavy atom. The number of likely N-dealkylation sites (tertiary alicyclic amines) is 1. The van der Waals surface area contributed by atoms with E-state index in [-0.39, 0.29) is 17.2 Å². The van der Waals surface area contributed by atoms with Crippen molar-refractivity contribution < 1.29 is 23.8 Å². The van der Waals surface area contributed by atoms with Gasteiger partial charge in [0.1, 0.15) is 11.5 Å². The molecule has 0 aromatic heterocycles. The largest absolute Gasteiger partial charge is 0.448 e. The summed E-state index contributed by atoms with van der Waals surface area (Å²) in [6.07, 6.45) is 1.71. The lowest BCUT2D eigenvalue weighted by atomic mass is 9.77. The Labute approximate surface area is 168 Å². The first-order chi connectivity index (χ1) is 11.6. The fraction of sp³-hybridized carbons (Fsp3) is 0.889. The Kier molecular flexibility index (Phi) is 7.52. The lowest BCUT2D eigenvalue weighted by molar-refractivity contribution is -0.181. The summed E-state index contributed by atoms with van der Waals surface area (Å²) in [4.78, 5) is 25.3. The van der Waals surface area contributed by atoms with Crippen molar-refractivity contribution in [3.05, 3.63) is 0 Å². The lowest BCUT2D eigenvalue weighted by Crippen LogP contribution is -2.66. The van der Waals surface area contributed by atoms with E-state index in [0.29, 0.717) is 0 Å². The van der Waals surface area contributed by atoms with Crippen LogP contribution in [0.1, 0.15) is 61.3 Å². The highest BCUT2D eigenvalue weighted by molar-refractivity contribution is 7.82. The smallest absolute Gasteiger partial charge is 0.362 e. The third-order valence-electron chi connectivity index (χ3n) is 4.78. The van der Waals surface area contributed by atoms with Crippen molar-refractivity contribution in [3.8, 4) is 0 Å². The van der Waals surface area contributed by atoms with Crippen LogP contribution in [-0.2, 0) is 23.8 Å². The zero-order valence-corrected chi connectivity index (χ0v) is 18.8. The van der Waals surface area contributed by atoms with Crippen molar-refractivity contribution in [2.24, 2.45) is 0 Å². The number of carbonyl (C=O) groups is 2. The third kappa shape index (κ3) is 5.53. The Hall–Kier alpha value is -0.440. The zero-order valence-electron chi connectivity index (χ0n) is 17.0. The molecular weight excluding hydrogens is 374 g/mol. The van der Waals surface area contributed by atoms with E-state index in [1.165, 1.54) is 6.92 Å². The van der Waals surface area contributed by atoms with Crippen LogP contribution < -0.4 is 0 Å². The van der Waals surface area contributed by atoms with Crippen molar-refractivity contribution in [2.45, 2.75) is 94.9 Å². The first-order valence-corrected chi connectivity index (χ1v) is 9.77. The molecule has 0 aliphatic carbocycles. The van der Waals surface area contributed by atoms with Crippen LogP contribution in [0.25, 0.3) is 0 Å². The molecule has 0 amide bonds. The molecule has 152 valence electrons. The van der Waals surface area contributed by atoms with Gasteiger partial charge >= 0.3 is 11.9 Å². The predicted octanol–water partition coefficient (Wildman–Crippen LogP) is 3.05. The Bertz CT molecular complexity index is 516. The molecule has 0 radical (unpaired) electrons. The summed E-state index contributed by atoms with van der Waals surface area (Å²) < 4.78 is 16.0. The first-order valence-electron chi connectivity index (χ1n) is 8.80. The van der Waals surface area contributed by atoms with Gasteiger partial charge in [0, 0.05) is 18.2 Å². The van der Waals surface area contributed by atoms with Gasteiger partial charge in [-0.15, -0.1) is 25.3 Å². The average molecular weight is 408 g/mol. The molecule has 1 saturated heterocycles. The number of methoxy groups -OCH3 is 1. The van der Waals surface area contributed by atoms with Gasteiger partial charge in [-0.2, -0.15) is 0 Å². The van der Waals surface area contributed by atoms with Gasteiger partial charge in [-0.1, -0.05) is 0 Å². The molecule has 0 N–H and O–H groups in total. The van der Waals surface area contributed by atoms with Crippen molar-refractivity contribution in [1.29, 1.82) is 0 Å². The zero-order chi connectivity index (χ0) is 20.5. The van der Waals surface area contributed by atoms with E-state index >= 15 is 0 Å². The summed E-state index contributed by atoms with van der Waals surface area (Å²) in [6.45, 7) is 13.1. The first kappa shape index (κ1) is 23.6. The average Bonchev–Trinajstić information content (AvgIpc) is 2.43. The number of piperidine rings is 1. The van der Waals surface area contributed by atoms with E-state index in [9.17, 15) is 9.59 Å². The summed E-state index contributed by atoms with van der Waals surface area (Å²) in [6, 6.07) is -0.564. The van der Waals surface area contributed by atoms with Crippen molar-refractivity contribution in [3.63, 3.8) is 0 Å². The van der Waals surface area contributed by atoms with Crippen molar-refractivity contribution in [1.82, 2.24) is 4.90 Å². The Morgan fingerprint density at radius 2 is 1.62 bits per heavy atom. The number of nitrogens with zero attached hydrogens (tertiary/aromatic N) is 1. The summed E-state index contributed by atoms with van der Waals surface area (Å²) in [5, 5.41) is 0. The second-order valence-corrected chi connectivity index (χ2v) is 9.93. The Balaban J connectivity index is 2.97. The Morgan fingerprint density at radius 3 is 2.00 bits per heavy atom. The number of ether oxygens (including phenoxy) is 3. The van der Waals surface area contributed by atoms with Crippen molar-refractivity contribution >= 4 is 37.2 Å². The van der Waals surface area contributed by atoms with Gasteiger partial charge in [0.15, 0.2) is 0 Å². The van der Waals surface area contributed by atoms with Gasteiger partial charge in [0.05, 0.1) is 6.10 Å². The summed E-state index contributed by atoms with van der Waals surface area (Å²) in [5.41, 5.74) is -1.18. The predicted molar refractivity (Wildman–Crippen MR) is 108 cm³/mol. The maximum Gasteiger partial charge on any atom is 0.362 e. The van der Waals surface area contributed by atoms with E-state index in [2.05, 4.69) is 57.9 Å². The molecule has 1 aliphatic heterocycles. The van der Waals surface area contributed by atoms with Crippen LogP contribution >= 0.6 is 25.3 Å². The minimum atomic E-state index is -1.68. The standard InChI is InChI=1S/C18H33NO5S2/c1-11(14(20)24-18(7,26)15(21)23-12(2)25)19-16(3,4)9-13(22-8)10-17(19,5)6/h11-13,25-26H,9-10H2,1-8H3. The molecule has 8 heteroatoms. The minimum Gasteiger partial charge on any atom is -0.448 e. The molecule has 3 unspecified atom stereocenters. The molecule has 1 aliphatic rings. The van der Waals surface area contributed by atoms with Gasteiger partial charge in [-0.3, -0.25) is 9.69 Å². The van der Waals surface area contributed by atoms with Crippen LogP contribution in [-0.4, -0.2) is 57.5 Å². The van der Waals surface area contributed by atoms with Crippen molar-refractivity contribution in [2.75, 3.05) is 7.11 Å². The van der Waals surface area contributed by atoms with Crippen LogP contribution in [0.2, 0.25) is 0 Å². The molecule has 6 nitrogen and oxygen atoms in total. The molecule has 26 heavy (non-hydrogen) atoms. The van der Waals surface area contributed by atoms with Crippen LogP contribution in [0.3, 0.4) is 0 Å². The van der Waals surface area contributed by atoms with Crippen LogP contribution in [0.4, 0.5) is 0 Å². The molecular formula is C18H33NO5S2. The fourth-order valence-electron chi connectivity index (χ4n) is 4.11. The van der Waals surface area contributed by atoms with E-state index in [0.717, 1.165) is 12.8 Å². The molecule has 0 aromatic rings. The highest BCUT2D eigenvalue weighted by atomic mass is 32.1. The van der Waals surface area contributed by atoms with E-state index in [4.69, 9.17) is 14.2 Å². The van der Waals surface area contributed by atoms with Gasteiger partial charge in [0.2, 0.25) is 4.93 Å². The van der Waals surface area contributed by atoms with Crippen LogP contribution in [0.15, 0.2) is 0 Å². The third-order valence-corrected chi connectivity index (χ3v) is 5.16. The highest BCUT2D eigenvalue weighted by Crippen LogP contribution is 2.41. The molecule has 0 spiro atoms. The number of carbonyl (C=O) groups excluding carboxylic acids is 2. The maximum atomic E-state index is 12.8. The summed E-state index contributed by atoms with van der Waals surface area (Å²) in [7, 11) is 1.71. The monoisotopic (exact) mass is 407 g/mol. The number of rotatable bonds is 6. The van der Waals surface area contributed by atoms with Gasteiger partial charge in [0.25, 0.3) is 0 Å². The minimum absolute atomic E-state index is 0.126. The van der Waals surface area contributed by atoms with E-state index < -0.39 is 28.3 Å². The molecule has 0 aromatic carbocycles. The number of thiol groups is 2. The summed E-state index contributed by atoms with van der Waals surface area (Å²) >= 11 is 8.19. The summed E-state index contributed by atoms with van der Waals surface area (Å²) in [5.74, 6) is -1.27.